The highest BCUT2D eigenvalue weighted by Gasteiger charge is 2.26. The molecule has 0 amide bonds. The molecule has 0 unspecified atom stereocenters. The number of nitro benzene ring substituents is 1. The van der Waals surface area contributed by atoms with Crippen LogP contribution in [-0.2, 0) is 10.0 Å². The normalized spacial score (nSPS) is 11.1. The molecule has 21 heavy (non-hydrogen) atoms. The molecular weight excluding hydrogens is 362 g/mol. The van der Waals surface area contributed by atoms with Crippen LogP contribution in [0.3, 0.4) is 0 Å². The Balaban J connectivity index is 2.46. The number of rotatable bonds is 4. The van der Waals surface area contributed by atoms with Gasteiger partial charge in [0.05, 0.1) is 16.8 Å². The minimum Gasteiger partial charge on any atom is -0.278 e. The first kappa shape index (κ1) is 15.4. The van der Waals surface area contributed by atoms with Crippen LogP contribution in [0.1, 0.15) is 5.69 Å². The highest BCUT2D eigenvalue weighted by atomic mass is 79.9. The molecule has 110 valence electrons. The first-order valence-corrected chi connectivity index (χ1v) is 7.96. The fourth-order valence-corrected chi connectivity index (χ4v) is 3.35. The Morgan fingerprint density at radius 1 is 1.29 bits per heavy atom. The number of aryl methyl sites for hydroxylation is 1. The average molecular weight is 372 g/mol. The number of pyridine rings is 1. The second-order valence-corrected chi connectivity index (χ2v) is 6.73. The number of anilines is 1. The molecule has 1 aromatic carbocycles. The number of hydrogen-bond acceptors (Lipinski definition) is 5. The highest BCUT2D eigenvalue weighted by Crippen LogP contribution is 2.28. The number of sulfonamides is 1. The number of hydrogen-bond donors (Lipinski definition) is 1. The van der Waals surface area contributed by atoms with Gasteiger partial charge >= 0.3 is 0 Å². The molecule has 0 aliphatic rings. The molecule has 0 atom stereocenters. The fourth-order valence-electron chi connectivity index (χ4n) is 1.59. The van der Waals surface area contributed by atoms with Gasteiger partial charge in [0.1, 0.15) is 0 Å². The summed E-state index contributed by atoms with van der Waals surface area (Å²) in [6.07, 6.45) is 1.34. The standard InChI is InChI=1S/C12H10BrN3O4S/c1-8-2-4-10(7-14-8)15-21(19,20)12-6-9(13)3-5-11(12)16(17)18/h2-7,15H,1H3. The Morgan fingerprint density at radius 3 is 2.57 bits per heavy atom. The topological polar surface area (TPSA) is 102 Å². The highest BCUT2D eigenvalue weighted by molar-refractivity contribution is 9.10. The maximum atomic E-state index is 12.3. The second kappa shape index (κ2) is 5.78. The smallest absolute Gasteiger partial charge is 0.278 e. The van der Waals surface area contributed by atoms with E-state index in [-0.39, 0.29) is 5.69 Å². The predicted molar refractivity (Wildman–Crippen MR) is 80.6 cm³/mol. The van der Waals surface area contributed by atoms with E-state index in [1.807, 2.05) is 0 Å². The molecule has 0 saturated heterocycles. The Kier molecular flexibility index (Phi) is 4.24. The molecule has 0 aliphatic heterocycles. The predicted octanol–water partition coefficient (Wildman–Crippen LogP) is 2.86. The lowest BCUT2D eigenvalue weighted by atomic mass is 10.3. The van der Waals surface area contributed by atoms with Crippen LogP contribution in [0.15, 0.2) is 45.9 Å². The summed E-state index contributed by atoms with van der Waals surface area (Å²) in [5.41, 5.74) is 0.465. The zero-order valence-electron chi connectivity index (χ0n) is 10.8. The van der Waals surface area contributed by atoms with E-state index >= 15 is 0 Å². The summed E-state index contributed by atoms with van der Waals surface area (Å²) in [5, 5.41) is 11.0. The van der Waals surface area contributed by atoms with Crippen molar-refractivity contribution in [3.05, 3.63) is 56.8 Å². The van der Waals surface area contributed by atoms with Crippen molar-refractivity contribution in [3.8, 4) is 0 Å². The molecule has 0 saturated carbocycles. The molecule has 7 nitrogen and oxygen atoms in total. The van der Waals surface area contributed by atoms with Crippen molar-refractivity contribution in [1.29, 1.82) is 0 Å². The van der Waals surface area contributed by atoms with Gasteiger partial charge in [0, 0.05) is 16.2 Å². The van der Waals surface area contributed by atoms with Crippen LogP contribution in [0.5, 0.6) is 0 Å². The lowest BCUT2D eigenvalue weighted by molar-refractivity contribution is -0.387. The molecule has 0 fully saturated rings. The van der Waals surface area contributed by atoms with Crippen molar-refractivity contribution in [3.63, 3.8) is 0 Å². The van der Waals surface area contributed by atoms with Crippen LogP contribution in [0.4, 0.5) is 11.4 Å². The van der Waals surface area contributed by atoms with Gasteiger partial charge in [-0.1, -0.05) is 15.9 Å². The second-order valence-electron chi connectivity index (χ2n) is 4.16. The number of nitrogens with zero attached hydrogens (tertiary/aromatic N) is 2. The van der Waals surface area contributed by atoms with E-state index < -0.39 is 25.5 Å². The van der Waals surface area contributed by atoms with E-state index in [1.165, 1.54) is 24.4 Å². The number of nitro groups is 1. The molecule has 1 aromatic heterocycles. The Bertz CT molecular complexity index is 791. The zero-order valence-corrected chi connectivity index (χ0v) is 13.2. The Morgan fingerprint density at radius 2 is 2.00 bits per heavy atom. The maximum absolute atomic E-state index is 12.3. The molecule has 0 spiro atoms. The Hall–Kier alpha value is -2.00. The third kappa shape index (κ3) is 3.56. The first-order chi connectivity index (χ1) is 9.79. The summed E-state index contributed by atoms with van der Waals surface area (Å²) in [5.74, 6) is 0. The largest absolute Gasteiger partial charge is 0.289 e. The zero-order chi connectivity index (χ0) is 15.6. The molecule has 2 aromatic rings. The van der Waals surface area contributed by atoms with Crippen LogP contribution in [-0.4, -0.2) is 18.3 Å². The molecule has 1 N–H and O–H groups in total. The summed E-state index contributed by atoms with van der Waals surface area (Å²) >= 11 is 3.11. The van der Waals surface area contributed by atoms with Crippen LogP contribution >= 0.6 is 15.9 Å². The summed E-state index contributed by atoms with van der Waals surface area (Å²) in [6.45, 7) is 1.76. The third-order valence-electron chi connectivity index (χ3n) is 2.57. The van der Waals surface area contributed by atoms with Crippen LogP contribution < -0.4 is 4.72 Å². The summed E-state index contributed by atoms with van der Waals surface area (Å²) in [6, 6.07) is 6.88. The third-order valence-corrected chi connectivity index (χ3v) is 4.48. The van der Waals surface area contributed by atoms with Crippen LogP contribution in [0, 0.1) is 17.0 Å². The van der Waals surface area contributed by atoms with Gasteiger partial charge in [-0.2, -0.15) is 0 Å². The monoisotopic (exact) mass is 371 g/mol. The van der Waals surface area contributed by atoms with Gasteiger partial charge in [-0.05, 0) is 31.2 Å². The fraction of sp³-hybridized carbons (Fsp3) is 0.0833. The number of aromatic nitrogens is 1. The summed E-state index contributed by atoms with van der Waals surface area (Å²) < 4.78 is 27.3. The molecular formula is C12H10BrN3O4S. The van der Waals surface area contributed by atoms with E-state index in [0.29, 0.717) is 4.47 Å². The SMILES string of the molecule is Cc1ccc(NS(=O)(=O)c2cc(Br)ccc2[N+](=O)[O-])cn1. The molecule has 2 rings (SSSR count). The molecule has 0 bridgehead atoms. The summed E-state index contributed by atoms with van der Waals surface area (Å²) in [7, 11) is -4.09. The van der Waals surface area contributed by atoms with E-state index in [2.05, 4.69) is 25.6 Å². The van der Waals surface area contributed by atoms with E-state index in [0.717, 1.165) is 11.8 Å². The van der Waals surface area contributed by atoms with Gasteiger partial charge in [-0.25, -0.2) is 8.42 Å². The van der Waals surface area contributed by atoms with Gasteiger partial charge in [-0.3, -0.25) is 19.8 Å². The van der Waals surface area contributed by atoms with Crippen molar-refractivity contribution in [2.45, 2.75) is 11.8 Å². The lowest BCUT2D eigenvalue weighted by Gasteiger charge is -2.08. The van der Waals surface area contributed by atoms with Crippen molar-refractivity contribution < 1.29 is 13.3 Å². The van der Waals surface area contributed by atoms with Crippen molar-refractivity contribution in [2.75, 3.05) is 4.72 Å². The molecule has 0 aliphatic carbocycles. The van der Waals surface area contributed by atoms with Crippen molar-refractivity contribution >= 4 is 37.3 Å². The van der Waals surface area contributed by atoms with Crippen LogP contribution in [0.25, 0.3) is 0 Å². The van der Waals surface area contributed by atoms with E-state index in [1.54, 1.807) is 13.0 Å². The van der Waals surface area contributed by atoms with E-state index in [4.69, 9.17) is 0 Å². The first-order valence-electron chi connectivity index (χ1n) is 5.69. The average Bonchev–Trinajstić information content (AvgIpc) is 2.41. The minimum atomic E-state index is -4.09. The van der Waals surface area contributed by atoms with Gasteiger partial charge in [0.15, 0.2) is 4.90 Å². The van der Waals surface area contributed by atoms with Gasteiger partial charge in [0.25, 0.3) is 15.7 Å². The van der Waals surface area contributed by atoms with Gasteiger partial charge in [-0.15, -0.1) is 0 Å². The number of nitrogens with one attached hydrogen (secondary N) is 1. The maximum Gasteiger partial charge on any atom is 0.289 e. The van der Waals surface area contributed by atoms with Crippen LogP contribution in [0.2, 0.25) is 0 Å². The van der Waals surface area contributed by atoms with E-state index in [9.17, 15) is 18.5 Å². The number of benzene rings is 1. The molecule has 1 heterocycles. The quantitative estimate of drug-likeness (QED) is 0.657. The molecule has 9 heteroatoms. The summed E-state index contributed by atoms with van der Waals surface area (Å²) in [4.78, 5) is 13.8. The minimum absolute atomic E-state index is 0.231. The Labute approximate surface area is 129 Å². The lowest BCUT2D eigenvalue weighted by Crippen LogP contribution is -2.15. The van der Waals surface area contributed by atoms with Crippen molar-refractivity contribution in [2.24, 2.45) is 0 Å². The van der Waals surface area contributed by atoms with Crippen molar-refractivity contribution in [1.82, 2.24) is 4.98 Å². The molecule has 0 radical (unpaired) electrons. The van der Waals surface area contributed by atoms with Gasteiger partial charge < -0.3 is 0 Å². The number of halogens is 1. The van der Waals surface area contributed by atoms with Gasteiger partial charge in [0.2, 0.25) is 0 Å².